The van der Waals surface area contributed by atoms with Crippen molar-refractivity contribution in [2.75, 3.05) is 18.2 Å². The van der Waals surface area contributed by atoms with E-state index in [4.69, 9.17) is 16.3 Å². The maximum absolute atomic E-state index is 12.1. The summed E-state index contributed by atoms with van der Waals surface area (Å²) in [6.07, 6.45) is 3.66. The Kier molecular flexibility index (Phi) is 4.20. The van der Waals surface area contributed by atoms with Crippen LogP contribution in [-0.2, 0) is 4.74 Å². The molecule has 1 aliphatic carbocycles. The Morgan fingerprint density at radius 3 is 2.59 bits per heavy atom. The molecule has 1 nitrogen and oxygen atoms in total. The molecule has 2 fully saturated rings. The fourth-order valence-corrected chi connectivity index (χ4v) is 3.75. The van der Waals surface area contributed by atoms with Crippen molar-refractivity contribution >= 4 is 23.4 Å². The molecule has 1 aliphatic heterocycles. The maximum atomic E-state index is 12.1. The molecule has 2 rings (SSSR count). The zero-order valence-corrected chi connectivity index (χ0v) is 11.0. The van der Waals surface area contributed by atoms with Crippen molar-refractivity contribution in [3.05, 3.63) is 0 Å². The van der Waals surface area contributed by atoms with Crippen molar-refractivity contribution in [2.24, 2.45) is 11.3 Å². The molecule has 6 heteroatoms. The smallest absolute Gasteiger partial charge is 0.377 e. The number of ether oxygens (including phenoxy) is 1. The van der Waals surface area contributed by atoms with E-state index in [0.717, 1.165) is 19.3 Å². The van der Waals surface area contributed by atoms with E-state index in [2.05, 4.69) is 0 Å². The molecule has 1 heterocycles. The van der Waals surface area contributed by atoms with Crippen molar-refractivity contribution in [3.8, 4) is 0 Å². The van der Waals surface area contributed by atoms with Crippen LogP contribution in [0.2, 0.25) is 0 Å². The van der Waals surface area contributed by atoms with Crippen LogP contribution < -0.4 is 0 Å². The highest BCUT2D eigenvalue weighted by atomic mass is 35.5. The van der Waals surface area contributed by atoms with Gasteiger partial charge in [0.1, 0.15) is 0 Å². The number of hydrogen-bond donors (Lipinski definition) is 0. The van der Waals surface area contributed by atoms with E-state index in [0.29, 0.717) is 24.8 Å². The molecule has 17 heavy (non-hydrogen) atoms. The molecule has 0 bridgehead atoms. The van der Waals surface area contributed by atoms with Crippen LogP contribution in [0.3, 0.4) is 0 Å². The number of alkyl halides is 4. The summed E-state index contributed by atoms with van der Waals surface area (Å²) in [6, 6.07) is 0. The standard InChI is InChI=1S/C11H16ClF3OS/c12-7-10(4-6-17-11(13,14)15)3-5-16-9(10)8-1-2-8/h8-9H,1-7H2. The van der Waals surface area contributed by atoms with Crippen LogP contribution in [-0.4, -0.2) is 29.9 Å². The molecule has 2 unspecified atom stereocenters. The average molecular weight is 289 g/mol. The summed E-state index contributed by atoms with van der Waals surface area (Å²) < 4.78 is 42.1. The van der Waals surface area contributed by atoms with E-state index in [1.165, 1.54) is 0 Å². The number of hydrogen-bond acceptors (Lipinski definition) is 2. The lowest BCUT2D eigenvalue weighted by atomic mass is 9.78. The predicted molar refractivity (Wildman–Crippen MR) is 63.4 cm³/mol. The second-order valence-corrected chi connectivity index (χ2v) is 6.35. The highest BCUT2D eigenvalue weighted by molar-refractivity contribution is 8.00. The second kappa shape index (κ2) is 5.17. The normalized spacial score (nSPS) is 34.2. The summed E-state index contributed by atoms with van der Waals surface area (Å²) >= 11 is 6.06. The minimum atomic E-state index is -4.14. The molecule has 100 valence electrons. The molecule has 0 aromatic heterocycles. The Morgan fingerprint density at radius 1 is 1.35 bits per heavy atom. The third kappa shape index (κ3) is 3.44. The number of halogens is 4. The van der Waals surface area contributed by atoms with E-state index in [1.54, 1.807) is 0 Å². The van der Waals surface area contributed by atoms with E-state index in [-0.39, 0.29) is 29.0 Å². The Bertz CT molecular complexity index is 270. The third-order valence-corrected chi connectivity index (χ3v) is 4.95. The minimum absolute atomic E-state index is 0.0543. The lowest BCUT2D eigenvalue weighted by Gasteiger charge is -2.32. The van der Waals surface area contributed by atoms with Gasteiger partial charge < -0.3 is 4.74 Å². The Morgan fingerprint density at radius 2 is 2.06 bits per heavy atom. The van der Waals surface area contributed by atoms with Gasteiger partial charge in [-0.3, -0.25) is 0 Å². The molecule has 0 N–H and O–H groups in total. The van der Waals surface area contributed by atoms with Gasteiger partial charge in [-0.15, -0.1) is 11.6 Å². The van der Waals surface area contributed by atoms with Crippen molar-refractivity contribution in [1.82, 2.24) is 0 Å². The van der Waals surface area contributed by atoms with Crippen LogP contribution >= 0.6 is 23.4 Å². The van der Waals surface area contributed by atoms with E-state index >= 15 is 0 Å². The van der Waals surface area contributed by atoms with Crippen molar-refractivity contribution in [2.45, 2.75) is 37.3 Å². The SMILES string of the molecule is FC(F)(F)SCCC1(CCl)CCOC1C1CC1. The molecular formula is C11H16ClF3OS. The highest BCUT2D eigenvalue weighted by Gasteiger charge is 2.50. The van der Waals surface area contributed by atoms with Gasteiger partial charge in [-0.05, 0) is 31.6 Å². The number of rotatable bonds is 5. The summed E-state index contributed by atoms with van der Waals surface area (Å²) in [5, 5.41) is 0. The summed E-state index contributed by atoms with van der Waals surface area (Å²) in [5.41, 5.74) is -4.36. The van der Waals surface area contributed by atoms with Crippen molar-refractivity contribution in [3.63, 3.8) is 0 Å². The fourth-order valence-electron chi connectivity index (χ4n) is 2.59. The van der Waals surface area contributed by atoms with Gasteiger partial charge in [-0.2, -0.15) is 13.2 Å². The monoisotopic (exact) mass is 288 g/mol. The van der Waals surface area contributed by atoms with Gasteiger partial charge in [0.2, 0.25) is 0 Å². The lowest BCUT2D eigenvalue weighted by molar-refractivity contribution is -0.0330. The molecule has 0 radical (unpaired) electrons. The van der Waals surface area contributed by atoms with Gasteiger partial charge in [0, 0.05) is 23.7 Å². The quantitative estimate of drug-likeness (QED) is 0.706. The van der Waals surface area contributed by atoms with Gasteiger partial charge in [-0.1, -0.05) is 11.8 Å². The largest absolute Gasteiger partial charge is 0.441 e. The summed E-state index contributed by atoms with van der Waals surface area (Å²) in [6.45, 7) is 0.643. The third-order valence-electron chi connectivity index (χ3n) is 3.68. The first-order valence-electron chi connectivity index (χ1n) is 5.85. The summed E-state index contributed by atoms with van der Waals surface area (Å²) in [5.74, 6) is 1.03. The van der Waals surface area contributed by atoms with Gasteiger partial charge in [-0.25, -0.2) is 0 Å². The Labute approximate surface area is 108 Å². The van der Waals surface area contributed by atoms with Crippen LogP contribution in [0, 0.1) is 11.3 Å². The lowest BCUT2D eigenvalue weighted by Crippen LogP contribution is -2.35. The van der Waals surface area contributed by atoms with Gasteiger partial charge >= 0.3 is 5.51 Å². The molecule has 0 amide bonds. The Hall–Kier alpha value is 0.390. The topological polar surface area (TPSA) is 9.23 Å². The Balaban J connectivity index is 1.89. The first-order valence-corrected chi connectivity index (χ1v) is 7.37. The van der Waals surface area contributed by atoms with E-state index < -0.39 is 5.51 Å². The summed E-state index contributed by atoms with van der Waals surface area (Å²) in [4.78, 5) is 0. The van der Waals surface area contributed by atoms with Gasteiger partial charge in [0.05, 0.1) is 6.10 Å². The van der Waals surface area contributed by atoms with Crippen molar-refractivity contribution < 1.29 is 17.9 Å². The maximum Gasteiger partial charge on any atom is 0.441 e. The van der Waals surface area contributed by atoms with Crippen LogP contribution in [0.5, 0.6) is 0 Å². The van der Waals surface area contributed by atoms with E-state index in [9.17, 15) is 13.2 Å². The second-order valence-electron chi connectivity index (χ2n) is 4.92. The first kappa shape index (κ1) is 13.8. The van der Waals surface area contributed by atoms with Crippen LogP contribution in [0.4, 0.5) is 13.2 Å². The van der Waals surface area contributed by atoms with Crippen LogP contribution in [0.15, 0.2) is 0 Å². The van der Waals surface area contributed by atoms with Crippen molar-refractivity contribution in [1.29, 1.82) is 0 Å². The minimum Gasteiger partial charge on any atom is -0.377 e. The first-order chi connectivity index (χ1) is 7.97. The van der Waals surface area contributed by atoms with Crippen LogP contribution in [0.25, 0.3) is 0 Å². The van der Waals surface area contributed by atoms with Gasteiger partial charge in [0.15, 0.2) is 0 Å². The molecule has 1 saturated heterocycles. The molecule has 0 spiro atoms. The molecule has 2 atom stereocenters. The zero-order valence-electron chi connectivity index (χ0n) is 9.43. The molecule has 0 aromatic carbocycles. The molecular weight excluding hydrogens is 273 g/mol. The summed E-state index contributed by atoms with van der Waals surface area (Å²) in [7, 11) is 0. The fraction of sp³-hybridized carbons (Fsp3) is 1.00. The highest BCUT2D eigenvalue weighted by Crippen LogP contribution is 2.51. The van der Waals surface area contributed by atoms with Gasteiger partial charge in [0.25, 0.3) is 0 Å². The zero-order chi connectivity index (χ0) is 12.5. The number of thioether (sulfide) groups is 1. The molecule has 0 aromatic rings. The average Bonchev–Trinajstić information content (AvgIpc) is 2.99. The molecule has 2 aliphatic rings. The molecule has 1 saturated carbocycles. The van der Waals surface area contributed by atoms with E-state index in [1.807, 2.05) is 0 Å². The predicted octanol–water partition coefficient (Wildman–Crippen LogP) is 4.05. The van der Waals surface area contributed by atoms with Crippen LogP contribution in [0.1, 0.15) is 25.7 Å².